The summed E-state index contributed by atoms with van der Waals surface area (Å²) in [5.41, 5.74) is 0.228. The van der Waals surface area contributed by atoms with Crippen molar-refractivity contribution in [1.82, 2.24) is 4.98 Å². The van der Waals surface area contributed by atoms with E-state index in [4.69, 9.17) is 0 Å². The zero-order chi connectivity index (χ0) is 9.90. The van der Waals surface area contributed by atoms with Gasteiger partial charge in [-0.15, -0.1) is 4.91 Å². The maximum Gasteiger partial charge on any atom is 0.155 e. The first-order valence-corrected chi connectivity index (χ1v) is 4.09. The van der Waals surface area contributed by atoms with E-state index in [2.05, 4.69) is 15.5 Å². The van der Waals surface area contributed by atoms with Gasteiger partial charge >= 0.3 is 0 Å². The van der Waals surface area contributed by atoms with Crippen LogP contribution in [0.2, 0.25) is 0 Å². The minimum atomic E-state index is -0.117. The number of nitroso groups, excluding NO2 is 1. The number of hydrogen-bond acceptors (Lipinski definition) is 4. The Morgan fingerprint density at radius 3 is 2.69 bits per heavy atom. The SMILES string of the molecule is CC(C)(C)Nc1ncccc1N=O. The Morgan fingerprint density at radius 2 is 2.15 bits per heavy atom. The van der Waals surface area contributed by atoms with Crippen molar-refractivity contribution in [2.45, 2.75) is 26.3 Å². The van der Waals surface area contributed by atoms with Crippen LogP contribution >= 0.6 is 0 Å². The van der Waals surface area contributed by atoms with Gasteiger partial charge in [-0.1, -0.05) is 0 Å². The van der Waals surface area contributed by atoms with Crippen LogP contribution in [-0.2, 0) is 0 Å². The topological polar surface area (TPSA) is 54.4 Å². The molecule has 0 radical (unpaired) electrons. The number of nitrogens with one attached hydrogen (secondary N) is 1. The van der Waals surface area contributed by atoms with Crippen molar-refractivity contribution in [3.05, 3.63) is 23.2 Å². The van der Waals surface area contributed by atoms with Crippen molar-refractivity contribution < 1.29 is 0 Å². The van der Waals surface area contributed by atoms with Gasteiger partial charge < -0.3 is 5.32 Å². The first-order valence-electron chi connectivity index (χ1n) is 4.09. The summed E-state index contributed by atoms with van der Waals surface area (Å²) in [5, 5.41) is 5.98. The predicted molar refractivity (Wildman–Crippen MR) is 53.1 cm³/mol. The van der Waals surface area contributed by atoms with Gasteiger partial charge in [-0.25, -0.2) is 4.98 Å². The van der Waals surface area contributed by atoms with Gasteiger partial charge in [0, 0.05) is 11.7 Å². The van der Waals surface area contributed by atoms with Gasteiger partial charge in [-0.2, -0.15) is 0 Å². The van der Waals surface area contributed by atoms with Crippen molar-refractivity contribution in [1.29, 1.82) is 0 Å². The van der Waals surface area contributed by atoms with Crippen LogP contribution in [0.15, 0.2) is 23.5 Å². The Kier molecular flexibility index (Phi) is 2.60. The smallest absolute Gasteiger partial charge is 0.155 e. The molecule has 0 aliphatic carbocycles. The first kappa shape index (κ1) is 9.64. The lowest BCUT2D eigenvalue weighted by Crippen LogP contribution is -2.26. The molecule has 0 aliphatic rings. The van der Waals surface area contributed by atoms with E-state index in [1.807, 2.05) is 20.8 Å². The summed E-state index contributed by atoms with van der Waals surface area (Å²) in [5.74, 6) is 0.532. The van der Waals surface area contributed by atoms with Crippen LogP contribution in [-0.4, -0.2) is 10.5 Å². The fourth-order valence-corrected chi connectivity index (χ4v) is 0.922. The van der Waals surface area contributed by atoms with E-state index in [0.29, 0.717) is 11.5 Å². The maximum absolute atomic E-state index is 10.4. The van der Waals surface area contributed by atoms with Crippen molar-refractivity contribution in [2.75, 3.05) is 5.32 Å². The quantitative estimate of drug-likeness (QED) is 0.710. The summed E-state index contributed by atoms with van der Waals surface area (Å²) < 4.78 is 0. The molecule has 0 fully saturated rings. The summed E-state index contributed by atoms with van der Waals surface area (Å²) in [4.78, 5) is 14.4. The van der Waals surface area contributed by atoms with Crippen molar-refractivity contribution in [3.8, 4) is 0 Å². The third-order valence-electron chi connectivity index (χ3n) is 1.38. The molecule has 0 aromatic carbocycles. The molecule has 0 unspecified atom stereocenters. The molecular weight excluding hydrogens is 166 g/mol. The molecule has 1 aromatic heterocycles. The molecule has 0 saturated heterocycles. The highest BCUT2D eigenvalue weighted by molar-refractivity contribution is 5.60. The van der Waals surface area contributed by atoms with Crippen molar-refractivity contribution in [2.24, 2.45) is 5.18 Å². The molecule has 1 heterocycles. The van der Waals surface area contributed by atoms with Crippen LogP contribution in [0.3, 0.4) is 0 Å². The molecule has 0 atom stereocenters. The molecule has 4 nitrogen and oxygen atoms in total. The van der Waals surface area contributed by atoms with E-state index >= 15 is 0 Å². The Morgan fingerprint density at radius 1 is 1.46 bits per heavy atom. The molecule has 0 bridgehead atoms. The highest BCUT2D eigenvalue weighted by Crippen LogP contribution is 2.23. The van der Waals surface area contributed by atoms with Gasteiger partial charge in [0.05, 0.1) is 0 Å². The highest BCUT2D eigenvalue weighted by atomic mass is 16.3. The summed E-state index contributed by atoms with van der Waals surface area (Å²) >= 11 is 0. The van der Waals surface area contributed by atoms with Gasteiger partial charge in [-0.3, -0.25) is 0 Å². The molecule has 4 heteroatoms. The number of nitrogens with zero attached hydrogens (tertiary/aromatic N) is 2. The minimum Gasteiger partial charge on any atom is -0.364 e. The van der Waals surface area contributed by atoms with Gasteiger partial charge in [-0.05, 0) is 38.1 Å². The zero-order valence-electron chi connectivity index (χ0n) is 8.03. The second-order valence-corrected chi connectivity index (χ2v) is 3.84. The highest BCUT2D eigenvalue weighted by Gasteiger charge is 2.12. The average Bonchev–Trinajstić information content (AvgIpc) is 2.02. The largest absolute Gasteiger partial charge is 0.364 e. The van der Waals surface area contributed by atoms with E-state index in [1.165, 1.54) is 0 Å². The average molecular weight is 179 g/mol. The second kappa shape index (κ2) is 3.51. The predicted octanol–water partition coefficient (Wildman–Crippen LogP) is 2.69. The molecule has 0 amide bonds. The molecule has 0 saturated carbocycles. The third kappa shape index (κ3) is 2.82. The molecule has 13 heavy (non-hydrogen) atoms. The molecule has 0 spiro atoms. The third-order valence-corrected chi connectivity index (χ3v) is 1.38. The Balaban J connectivity index is 2.94. The number of anilines is 1. The first-order chi connectivity index (χ1) is 6.03. The summed E-state index contributed by atoms with van der Waals surface area (Å²) in [6.07, 6.45) is 1.63. The van der Waals surface area contributed by atoms with E-state index in [0.717, 1.165) is 0 Å². The number of pyridine rings is 1. The van der Waals surface area contributed by atoms with Crippen LogP contribution in [0, 0.1) is 4.91 Å². The normalized spacial score (nSPS) is 11.0. The van der Waals surface area contributed by atoms with Crippen LogP contribution in [0.25, 0.3) is 0 Å². The summed E-state index contributed by atoms with van der Waals surface area (Å²) in [6, 6.07) is 3.32. The fourth-order valence-electron chi connectivity index (χ4n) is 0.922. The maximum atomic E-state index is 10.4. The molecule has 70 valence electrons. The fraction of sp³-hybridized carbons (Fsp3) is 0.444. The number of hydrogen-bond donors (Lipinski definition) is 1. The summed E-state index contributed by atoms with van der Waals surface area (Å²) in [7, 11) is 0. The lowest BCUT2D eigenvalue weighted by Gasteiger charge is -2.21. The minimum absolute atomic E-state index is 0.117. The Bertz CT molecular complexity index is 304. The van der Waals surface area contributed by atoms with Crippen LogP contribution < -0.4 is 5.32 Å². The number of aromatic nitrogens is 1. The Hall–Kier alpha value is -1.45. The molecule has 1 N–H and O–H groups in total. The van der Waals surface area contributed by atoms with Crippen molar-refractivity contribution in [3.63, 3.8) is 0 Å². The molecule has 0 aliphatic heterocycles. The monoisotopic (exact) mass is 179 g/mol. The molecular formula is C9H13N3O. The van der Waals surface area contributed by atoms with Gasteiger partial charge in [0.2, 0.25) is 0 Å². The lowest BCUT2D eigenvalue weighted by molar-refractivity contribution is 0.630. The van der Waals surface area contributed by atoms with Gasteiger partial charge in [0.25, 0.3) is 0 Å². The number of rotatable bonds is 2. The van der Waals surface area contributed by atoms with E-state index < -0.39 is 0 Å². The molecule has 1 aromatic rings. The van der Waals surface area contributed by atoms with Crippen molar-refractivity contribution >= 4 is 11.5 Å². The zero-order valence-corrected chi connectivity index (χ0v) is 8.03. The van der Waals surface area contributed by atoms with Crippen LogP contribution in [0.1, 0.15) is 20.8 Å². The van der Waals surface area contributed by atoms with Crippen LogP contribution in [0.4, 0.5) is 11.5 Å². The lowest BCUT2D eigenvalue weighted by atomic mass is 10.1. The van der Waals surface area contributed by atoms with Crippen LogP contribution in [0.5, 0.6) is 0 Å². The Labute approximate surface area is 77.4 Å². The van der Waals surface area contributed by atoms with E-state index in [1.54, 1.807) is 18.3 Å². The standard InChI is InChI=1S/C9H13N3O/c1-9(2,3)11-8-7(12-13)5-4-6-10-8/h4-6H,1-3H3,(H,10,11). The van der Waals surface area contributed by atoms with Gasteiger partial charge in [0.15, 0.2) is 5.82 Å². The molecule has 1 rings (SSSR count). The summed E-state index contributed by atoms with van der Waals surface area (Å²) in [6.45, 7) is 5.99. The van der Waals surface area contributed by atoms with E-state index in [9.17, 15) is 4.91 Å². The van der Waals surface area contributed by atoms with E-state index in [-0.39, 0.29) is 5.54 Å². The van der Waals surface area contributed by atoms with Gasteiger partial charge in [0.1, 0.15) is 5.69 Å². The second-order valence-electron chi connectivity index (χ2n) is 3.84.